The molecule has 0 aliphatic heterocycles. The summed E-state index contributed by atoms with van der Waals surface area (Å²) in [7, 11) is 0. The van der Waals surface area contributed by atoms with Crippen LogP contribution < -0.4 is 11.5 Å². The van der Waals surface area contributed by atoms with Crippen LogP contribution in [0.3, 0.4) is 0 Å². The molecule has 1 amide bonds. The van der Waals surface area contributed by atoms with E-state index in [9.17, 15) is 4.79 Å². The van der Waals surface area contributed by atoms with Crippen LogP contribution in [0.4, 0.5) is 5.69 Å². The number of rotatable bonds is 3. The van der Waals surface area contributed by atoms with Crippen LogP contribution in [0.15, 0.2) is 23.4 Å². The van der Waals surface area contributed by atoms with Crippen LogP contribution >= 0.6 is 11.8 Å². The Balaban J connectivity index is 2.74. The lowest BCUT2D eigenvalue weighted by Crippen LogP contribution is -2.22. The normalized spacial score (nSPS) is 12.4. The molecule has 0 fully saturated rings. The highest BCUT2D eigenvalue weighted by molar-refractivity contribution is 8.00. The number of carbonyl (C=O) groups is 1. The molecule has 70 valence electrons. The van der Waals surface area contributed by atoms with Gasteiger partial charge in [0, 0.05) is 11.1 Å². The molecule has 0 saturated heterocycles. The Bertz CT molecular complexity index is 316. The van der Waals surface area contributed by atoms with Crippen molar-refractivity contribution in [3.63, 3.8) is 0 Å². The average Bonchev–Trinajstić information content (AvgIpc) is 2.08. The molecule has 0 saturated carbocycles. The molecule has 4 N–H and O–H groups in total. The van der Waals surface area contributed by atoms with Gasteiger partial charge in [0.2, 0.25) is 5.91 Å². The van der Waals surface area contributed by atoms with Crippen LogP contribution in [-0.2, 0) is 4.79 Å². The number of nitrogens with zero attached hydrogens (tertiary/aromatic N) is 1. The van der Waals surface area contributed by atoms with E-state index in [4.69, 9.17) is 11.5 Å². The second-order valence-electron chi connectivity index (χ2n) is 2.58. The number of amides is 1. The van der Waals surface area contributed by atoms with Crippen LogP contribution in [0.1, 0.15) is 6.92 Å². The zero-order valence-electron chi connectivity index (χ0n) is 7.23. The summed E-state index contributed by atoms with van der Waals surface area (Å²) in [6, 6.07) is 1.76. The number of hydrogen-bond acceptors (Lipinski definition) is 4. The highest BCUT2D eigenvalue weighted by Gasteiger charge is 2.11. The Morgan fingerprint density at radius 1 is 1.69 bits per heavy atom. The minimum Gasteiger partial charge on any atom is -0.397 e. The summed E-state index contributed by atoms with van der Waals surface area (Å²) in [5.74, 6) is -0.346. The van der Waals surface area contributed by atoms with Crippen LogP contribution in [0.25, 0.3) is 0 Å². The monoisotopic (exact) mass is 197 g/mol. The minimum atomic E-state index is -0.346. The Morgan fingerprint density at radius 3 is 2.92 bits per heavy atom. The second kappa shape index (κ2) is 4.13. The number of pyridine rings is 1. The molecule has 5 heteroatoms. The third-order valence-corrected chi connectivity index (χ3v) is 2.73. The fraction of sp³-hybridized carbons (Fsp3) is 0.250. The van der Waals surface area contributed by atoms with E-state index in [-0.39, 0.29) is 11.2 Å². The third kappa shape index (κ3) is 2.62. The van der Waals surface area contributed by atoms with E-state index in [1.807, 2.05) is 0 Å². The van der Waals surface area contributed by atoms with Gasteiger partial charge in [-0.1, -0.05) is 0 Å². The van der Waals surface area contributed by atoms with Crippen molar-refractivity contribution in [1.82, 2.24) is 4.98 Å². The molecular formula is C8H11N3OS. The summed E-state index contributed by atoms with van der Waals surface area (Å²) in [4.78, 5) is 15.4. The molecule has 1 atom stereocenters. The molecule has 0 aromatic carbocycles. The van der Waals surface area contributed by atoms with Gasteiger partial charge in [-0.05, 0) is 13.0 Å². The summed E-state index contributed by atoms with van der Waals surface area (Å²) in [5.41, 5.74) is 11.3. The molecule has 0 bridgehead atoms. The first-order valence-electron chi connectivity index (χ1n) is 3.76. The Kier molecular flexibility index (Phi) is 3.13. The number of anilines is 1. The first kappa shape index (κ1) is 9.85. The molecule has 0 spiro atoms. The van der Waals surface area contributed by atoms with Crippen LogP contribution in [0, 0.1) is 0 Å². The van der Waals surface area contributed by atoms with Gasteiger partial charge in [0.1, 0.15) is 0 Å². The van der Waals surface area contributed by atoms with Crippen molar-refractivity contribution in [2.75, 3.05) is 5.73 Å². The maximum Gasteiger partial charge on any atom is 0.230 e. The first-order valence-corrected chi connectivity index (χ1v) is 4.64. The van der Waals surface area contributed by atoms with E-state index in [0.29, 0.717) is 5.69 Å². The summed E-state index contributed by atoms with van der Waals surface area (Å²) in [6.45, 7) is 1.74. The largest absolute Gasteiger partial charge is 0.397 e. The number of nitrogens with two attached hydrogens (primary N) is 2. The van der Waals surface area contributed by atoms with E-state index in [0.717, 1.165) is 4.90 Å². The quantitative estimate of drug-likeness (QED) is 0.696. The number of hydrogen-bond donors (Lipinski definition) is 2. The van der Waals surface area contributed by atoms with Crippen LogP contribution in [-0.4, -0.2) is 16.1 Å². The highest BCUT2D eigenvalue weighted by Crippen LogP contribution is 2.27. The van der Waals surface area contributed by atoms with Crippen molar-refractivity contribution in [3.8, 4) is 0 Å². The molecule has 1 rings (SSSR count). The zero-order valence-corrected chi connectivity index (χ0v) is 8.04. The Morgan fingerprint density at radius 2 is 2.38 bits per heavy atom. The van der Waals surface area contributed by atoms with Crippen molar-refractivity contribution in [2.24, 2.45) is 5.73 Å². The lowest BCUT2D eigenvalue weighted by atomic mass is 10.4. The van der Waals surface area contributed by atoms with Crippen LogP contribution in [0.5, 0.6) is 0 Å². The van der Waals surface area contributed by atoms with Gasteiger partial charge >= 0.3 is 0 Å². The van der Waals surface area contributed by atoms with E-state index in [1.54, 1.807) is 25.4 Å². The van der Waals surface area contributed by atoms with Gasteiger partial charge in [0.25, 0.3) is 0 Å². The standard InChI is InChI=1S/C8H11N3OS/c1-5(8(10)12)13-7-2-3-11-4-6(7)9/h2-5H,9H2,1H3,(H2,10,12). The minimum absolute atomic E-state index is 0.273. The summed E-state index contributed by atoms with van der Waals surface area (Å²) in [6.07, 6.45) is 3.18. The predicted octanol–water partition coefficient (Wildman–Crippen LogP) is 0.630. The summed E-state index contributed by atoms with van der Waals surface area (Å²) < 4.78 is 0. The van der Waals surface area contributed by atoms with E-state index >= 15 is 0 Å². The molecule has 0 radical (unpaired) electrons. The SMILES string of the molecule is CC(Sc1ccncc1N)C(N)=O. The van der Waals surface area contributed by atoms with Crippen molar-refractivity contribution in [1.29, 1.82) is 0 Å². The second-order valence-corrected chi connectivity index (χ2v) is 3.96. The number of nitrogen functional groups attached to an aromatic ring is 1. The molecule has 13 heavy (non-hydrogen) atoms. The van der Waals surface area contributed by atoms with Gasteiger partial charge in [0.05, 0.1) is 17.1 Å². The fourth-order valence-corrected chi connectivity index (χ4v) is 1.58. The average molecular weight is 197 g/mol. The molecule has 1 aromatic rings. The number of carbonyl (C=O) groups excluding carboxylic acids is 1. The zero-order chi connectivity index (χ0) is 9.84. The van der Waals surface area contributed by atoms with E-state index in [1.165, 1.54) is 11.8 Å². The van der Waals surface area contributed by atoms with E-state index in [2.05, 4.69) is 4.98 Å². The lowest BCUT2D eigenvalue weighted by Gasteiger charge is -2.08. The number of thioether (sulfide) groups is 1. The van der Waals surface area contributed by atoms with E-state index < -0.39 is 0 Å². The van der Waals surface area contributed by atoms with Gasteiger partial charge < -0.3 is 11.5 Å². The molecule has 4 nitrogen and oxygen atoms in total. The van der Waals surface area contributed by atoms with Crippen molar-refractivity contribution in [2.45, 2.75) is 17.1 Å². The number of aromatic nitrogens is 1. The highest BCUT2D eigenvalue weighted by atomic mass is 32.2. The smallest absolute Gasteiger partial charge is 0.230 e. The van der Waals surface area contributed by atoms with Gasteiger partial charge in [-0.25, -0.2) is 0 Å². The first-order chi connectivity index (χ1) is 6.11. The summed E-state index contributed by atoms with van der Waals surface area (Å²) in [5, 5.41) is -0.273. The van der Waals surface area contributed by atoms with Gasteiger partial charge in [-0.2, -0.15) is 0 Å². The molecule has 0 aliphatic carbocycles. The van der Waals surface area contributed by atoms with Gasteiger partial charge in [-0.3, -0.25) is 9.78 Å². The molecular weight excluding hydrogens is 186 g/mol. The molecule has 1 aromatic heterocycles. The molecule has 0 aliphatic rings. The predicted molar refractivity (Wildman–Crippen MR) is 53.2 cm³/mol. The topological polar surface area (TPSA) is 82.0 Å². The molecule has 1 heterocycles. The van der Waals surface area contributed by atoms with Crippen LogP contribution in [0.2, 0.25) is 0 Å². The Labute approximate surface area is 80.7 Å². The summed E-state index contributed by atoms with van der Waals surface area (Å²) >= 11 is 1.34. The van der Waals surface area contributed by atoms with Gasteiger partial charge in [-0.15, -0.1) is 11.8 Å². The number of primary amides is 1. The molecule has 1 unspecified atom stereocenters. The third-order valence-electron chi connectivity index (χ3n) is 1.51. The fourth-order valence-electron chi connectivity index (χ4n) is 0.750. The maximum absolute atomic E-state index is 10.8. The lowest BCUT2D eigenvalue weighted by molar-refractivity contribution is -0.117. The van der Waals surface area contributed by atoms with Crippen molar-refractivity contribution >= 4 is 23.4 Å². The maximum atomic E-state index is 10.8. The Hall–Kier alpha value is -1.23. The van der Waals surface area contributed by atoms with Crippen molar-refractivity contribution in [3.05, 3.63) is 18.5 Å². The van der Waals surface area contributed by atoms with Crippen molar-refractivity contribution < 1.29 is 4.79 Å². The van der Waals surface area contributed by atoms with Gasteiger partial charge in [0.15, 0.2) is 0 Å².